The molecule has 0 spiro atoms. The number of nitrogens with one attached hydrogen (secondary N) is 3. The first-order chi connectivity index (χ1) is 12.2. The number of nitrogens with zero attached hydrogens (tertiary/aromatic N) is 3. The van der Waals surface area contributed by atoms with Crippen LogP contribution >= 0.6 is 12.4 Å². The van der Waals surface area contributed by atoms with Crippen molar-refractivity contribution in [3.05, 3.63) is 11.4 Å². The Morgan fingerprint density at radius 3 is 2.48 bits per heavy atom. The summed E-state index contributed by atoms with van der Waals surface area (Å²) in [6.45, 7) is 10.4. The molecule has 0 aliphatic carbocycles. The standard InChI is InChI=1S/C16H30N6O3S.ClH/c1-12-15(14(3)21(4)19-12)26(24,25)20-13(2)16(23)18-6-5-9-22-10-7-17-8-11-22;/h13,17,20H,5-11H2,1-4H3,(H,18,23);1H. The predicted octanol–water partition coefficient (Wildman–Crippen LogP) is -0.463. The largest absolute Gasteiger partial charge is 0.355 e. The van der Waals surface area contributed by atoms with Crippen molar-refractivity contribution in [2.75, 3.05) is 39.3 Å². The van der Waals surface area contributed by atoms with E-state index in [0.29, 0.717) is 17.9 Å². The van der Waals surface area contributed by atoms with Gasteiger partial charge in [-0.05, 0) is 33.7 Å². The number of carbonyl (C=O) groups excluding carboxylic acids is 1. The first-order valence-corrected chi connectivity index (χ1v) is 10.4. The van der Waals surface area contributed by atoms with Crippen LogP contribution in [0.4, 0.5) is 0 Å². The van der Waals surface area contributed by atoms with Crippen LogP contribution in [0.5, 0.6) is 0 Å². The third-order valence-electron chi connectivity index (χ3n) is 4.60. The van der Waals surface area contributed by atoms with Crippen molar-refractivity contribution in [1.82, 2.24) is 30.0 Å². The molecule has 1 aliphatic rings. The number of halogens is 1. The van der Waals surface area contributed by atoms with Crippen LogP contribution in [0, 0.1) is 13.8 Å². The number of carbonyl (C=O) groups is 1. The van der Waals surface area contributed by atoms with E-state index in [9.17, 15) is 13.2 Å². The molecule has 27 heavy (non-hydrogen) atoms. The molecule has 1 saturated heterocycles. The first kappa shape index (κ1) is 23.8. The fourth-order valence-electron chi connectivity index (χ4n) is 3.09. The van der Waals surface area contributed by atoms with Gasteiger partial charge in [0.1, 0.15) is 4.90 Å². The molecule has 1 fully saturated rings. The van der Waals surface area contributed by atoms with E-state index >= 15 is 0 Å². The topological polar surface area (TPSA) is 108 Å². The summed E-state index contributed by atoms with van der Waals surface area (Å²) in [4.78, 5) is 14.7. The Labute approximate surface area is 167 Å². The summed E-state index contributed by atoms with van der Waals surface area (Å²) in [6, 6.07) is -0.849. The summed E-state index contributed by atoms with van der Waals surface area (Å²) in [5.74, 6) is -0.326. The Morgan fingerprint density at radius 2 is 1.93 bits per heavy atom. The van der Waals surface area contributed by atoms with Gasteiger partial charge in [0.25, 0.3) is 0 Å². The molecule has 1 aromatic rings. The molecule has 0 aromatic carbocycles. The van der Waals surface area contributed by atoms with Crippen LogP contribution in [0.15, 0.2) is 4.90 Å². The van der Waals surface area contributed by atoms with E-state index in [1.165, 1.54) is 4.68 Å². The SMILES string of the molecule is Cc1nn(C)c(C)c1S(=O)(=O)NC(C)C(=O)NCCCN1CCNCC1.Cl. The van der Waals surface area contributed by atoms with Crippen molar-refractivity contribution >= 4 is 28.3 Å². The van der Waals surface area contributed by atoms with Gasteiger partial charge in [0, 0.05) is 39.8 Å². The molecule has 0 radical (unpaired) electrons. The smallest absolute Gasteiger partial charge is 0.244 e. The molecule has 3 N–H and O–H groups in total. The first-order valence-electron chi connectivity index (χ1n) is 8.95. The van der Waals surface area contributed by atoms with E-state index in [4.69, 9.17) is 0 Å². The number of rotatable bonds is 8. The van der Waals surface area contributed by atoms with Gasteiger partial charge in [-0.2, -0.15) is 9.82 Å². The van der Waals surface area contributed by atoms with Crippen LogP contribution < -0.4 is 15.4 Å². The van der Waals surface area contributed by atoms with E-state index in [0.717, 1.165) is 39.1 Å². The second-order valence-electron chi connectivity index (χ2n) is 6.70. The highest BCUT2D eigenvalue weighted by Gasteiger charge is 2.27. The zero-order valence-electron chi connectivity index (χ0n) is 16.4. The Morgan fingerprint density at radius 1 is 1.30 bits per heavy atom. The number of sulfonamides is 1. The van der Waals surface area contributed by atoms with E-state index in [-0.39, 0.29) is 23.2 Å². The molecule has 2 heterocycles. The second-order valence-corrected chi connectivity index (χ2v) is 8.35. The normalized spacial score (nSPS) is 16.6. The molecule has 0 saturated carbocycles. The average molecular weight is 423 g/mol. The molecule has 1 unspecified atom stereocenters. The van der Waals surface area contributed by atoms with Crippen LogP contribution in [-0.2, 0) is 21.9 Å². The molecular weight excluding hydrogens is 392 g/mol. The number of hydrogen-bond acceptors (Lipinski definition) is 6. The maximum atomic E-state index is 12.6. The highest BCUT2D eigenvalue weighted by atomic mass is 35.5. The molecule has 9 nitrogen and oxygen atoms in total. The van der Waals surface area contributed by atoms with Gasteiger partial charge < -0.3 is 15.5 Å². The van der Waals surface area contributed by atoms with Gasteiger partial charge in [-0.15, -0.1) is 12.4 Å². The average Bonchev–Trinajstić information content (AvgIpc) is 2.84. The number of hydrogen-bond donors (Lipinski definition) is 3. The minimum Gasteiger partial charge on any atom is -0.355 e. The lowest BCUT2D eigenvalue weighted by molar-refractivity contribution is -0.122. The van der Waals surface area contributed by atoms with E-state index in [2.05, 4.69) is 25.4 Å². The molecular formula is C16H31ClN6O3S. The molecule has 1 aromatic heterocycles. The maximum Gasteiger partial charge on any atom is 0.244 e. The number of piperazine rings is 1. The molecule has 2 rings (SSSR count). The van der Waals surface area contributed by atoms with Crippen LogP contribution in [0.2, 0.25) is 0 Å². The minimum absolute atomic E-state index is 0. The van der Waals surface area contributed by atoms with Gasteiger partial charge in [-0.3, -0.25) is 9.48 Å². The maximum absolute atomic E-state index is 12.6. The Hall–Kier alpha value is -1.20. The summed E-state index contributed by atoms with van der Waals surface area (Å²) >= 11 is 0. The van der Waals surface area contributed by atoms with Crippen LogP contribution in [0.3, 0.4) is 0 Å². The van der Waals surface area contributed by atoms with Gasteiger partial charge in [0.15, 0.2) is 0 Å². The number of aryl methyl sites for hydroxylation is 2. The second kappa shape index (κ2) is 10.4. The van der Waals surface area contributed by atoms with Crippen molar-refractivity contribution in [1.29, 1.82) is 0 Å². The lowest BCUT2D eigenvalue weighted by Gasteiger charge is -2.27. The summed E-state index contributed by atoms with van der Waals surface area (Å²) < 4.78 is 29.1. The molecule has 1 amide bonds. The van der Waals surface area contributed by atoms with Gasteiger partial charge in [0.05, 0.1) is 17.4 Å². The van der Waals surface area contributed by atoms with Crippen molar-refractivity contribution in [2.45, 2.75) is 38.1 Å². The summed E-state index contributed by atoms with van der Waals surface area (Å²) in [7, 11) is -2.11. The van der Waals surface area contributed by atoms with Crippen LogP contribution in [0.1, 0.15) is 24.7 Å². The van der Waals surface area contributed by atoms with E-state index in [1.807, 2.05) is 0 Å². The predicted molar refractivity (Wildman–Crippen MR) is 107 cm³/mol. The fraction of sp³-hybridized carbons (Fsp3) is 0.750. The van der Waals surface area contributed by atoms with E-state index in [1.54, 1.807) is 27.8 Å². The molecule has 156 valence electrons. The van der Waals surface area contributed by atoms with Crippen molar-refractivity contribution < 1.29 is 13.2 Å². The van der Waals surface area contributed by atoms with Gasteiger partial charge in [0.2, 0.25) is 15.9 Å². The van der Waals surface area contributed by atoms with Crippen molar-refractivity contribution in [3.63, 3.8) is 0 Å². The Bertz CT molecular complexity index is 731. The molecule has 0 bridgehead atoms. The third-order valence-corrected chi connectivity index (χ3v) is 6.39. The number of aromatic nitrogens is 2. The molecule has 11 heteroatoms. The minimum atomic E-state index is -3.80. The zero-order chi connectivity index (χ0) is 19.3. The van der Waals surface area contributed by atoms with Crippen LogP contribution in [-0.4, -0.2) is 74.3 Å². The molecule has 1 atom stereocenters. The van der Waals surface area contributed by atoms with Gasteiger partial charge in [-0.25, -0.2) is 8.42 Å². The van der Waals surface area contributed by atoms with E-state index < -0.39 is 16.1 Å². The Kier molecular flexibility index (Phi) is 9.16. The van der Waals surface area contributed by atoms with Gasteiger partial charge >= 0.3 is 0 Å². The number of amides is 1. The summed E-state index contributed by atoms with van der Waals surface area (Å²) in [5, 5.41) is 10.2. The highest BCUT2D eigenvalue weighted by molar-refractivity contribution is 7.89. The van der Waals surface area contributed by atoms with Crippen molar-refractivity contribution in [2.24, 2.45) is 7.05 Å². The van der Waals surface area contributed by atoms with Gasteiger partial charge in [-0.1, -0.05) is 0 Å². The fourth-order valence-corrected chi connectivity index (χ4v) is 4.73. The van der Waals surface area contributed by atoms with Crippen LogP contribution in [0.25, 0.3) is 0 Å². The summed E-state index contributed by atoms with van der Waals surface area (Å²) in [6.07, 6.45) is 0.839. The lowest BCUT2D eigenvalue weighted by Crippen LogP contribution is -2.46. The lowest BCUT2D eigenvalue weighted by atomic mass is 10.3. The molecule has 1 aliphatic heterocycles. The highest BCUT2D eigenvalue weighted by Crippen LogP contribution is 2.18. The summed E-state index contributed by atoms with van der Waals surface area (Å²) in [5.41, 5.74) is 0.958. The van der Waals surface area contributed by atoms with Crippen molar-refractivity contribution in [3.8, 4) is 0 Å². The third kappa shape index (κ3) is 6.42. The quantitative estimate of drug-likeness (QED) is 0.489. The monoisotopic (exact) mass is 422 g/mol. The zero-order valence-corrected chi connectivity index (χ0v) is 18.0. The Balaban J connectivity index is 0.00000364.